The number of piperidine rings is 1. The molecule has 0 bridgehead atoms. The number of methoxy groups -OCH3 is 2. The van der Waals surface area contributed by atoms with Crippen molar-refractivity contribution in [3.05, 3.63) is 23.8 Å². The molecule has 0 spiro atoms. The van der Waals surface area contributed by atoms with Crippen LogP contribution in [0.5, 0.6) is 11.5 Å². The first-order valence-corrected chi connectivity index (χ1v) is 6.81. The molecular formula is C15H20N2O4. The molecule has 2 rings (SSSR count). The highest BCUT2D eigenvalue weighted by Gasteiger charge is 2.24. The third-order valence-electron chi connectivity index (χ3n) is 3.58. The number of ether oxygens (including phenoxy) is 2. The van der Waals surface area contributed by atoms with Gasteiger partial charge in [-0.25, -0.2) is 0 Å². The van der Waals surface area contributed by atoms with E-state index in [-0.39, 0.29) is 17.9 Å². The van der Waals surface area contributed by atoms with E-state index < -0.39 is 0 Å². The van der Waals surface area contributed by atoms with Crippen LogP contribution in [0.1, 0.15) is 23.2 Å². The van der Waals surface area contributed by atoms with Gasteiger partial charge in [-0.3, -0.25) is 9.59 Å². The number of likely N-dealkylation sites (tertiary alicyclic amines) is 1. The maximum absolute atomic E-state index is 12.3. The largest absolute Gasteiger partial charge is 0.497 e. The minimum absolute atomic E-state index is 0.0302. The number of amides is 2. The Morgan fingerprint density at radius 2 is 1.86 bits per heavy atom. The fraction of sp³-hybridized carbons (Fsp3) is 0.467. The summed E-state index contributed by atoms with van der Waals surface area (Å²) in [6, 6.07) is 5.01. The van der Waals surface area contributed by atoms with Crippen molar-refractivity contribution in [3.8, 4) is 11.5 Å². The predicted octanol–water partition coefficient (Wildman–Crippen LogP) is 1.05. The molecule has 1 N–H and O–H groups in total. The van der Waals surface area contributed by atoms with Crippen LogP contribution < -0.4 is 14.8 Å². The topological polar surface area (TPSA) is 67.9 Å². The standard InChI is InChI=1S/C15H20N2O4/c1-17-9-11(4-5-14(17)18)16-15(19)10-6-12(20-2)8-13(7-10)21-3/h6-8,11H,4-5,9H2,1-3H3,(H,16,19). The van der Waals surface area contributed by atoms with Crippen LogP contribution >= 0.6 is 0 Å². The molecular weight excluding hydrogens is 272 g/mol. The minimum Gasteiger partial charge on any atom is -0.497 e. The van der Waals surface area contributed by atoms with Crippen molar-refractivity contribution >= 4 is 11.8 Å². The molecule has 1 atom stereocenters. The van der Waals surface area contributed by atoms with Gasteiger partial charge in [-0.15, -0.1) is 0 Å². The second-order valence-corrected chi connectivity index (χ2v) is 5.08. The van der Waals surface area contributed by atoms with Crippen LogP contribution in [-0.2, 0) is 4.79 Å². The highest BCUT2D eigenvalue weighted by atomic mass is 16.5. The summed E-state index contributed by atoms with van der Waals surface area (Å²) in [6.45, 7) is 0.533. The monoisotopic (exact) mass is 292 g/mol. The van der Waals surface area contributed by atoms with E-state index in [2.05, 4.69) is 5.32 Å². The Hall–Kier alpha value is -2.24. The second kappa shape index (κ2) is 6.47. The summed E-state index contributed by atoms with van der Waals surface area (Å²) < 4.78 is 10.3. The van der Waals surface area contributed by atoms with Gasteiger partial charge in [0.2, 0.25) is 5.91 Å². The highest BCUT2D eigenvalue weighted by molar-refractivity contribution is 5.95. The fourth-order valence-electron chi connectivity index (χ4n) is 2.34. The van der Waals surface area contributed by atoms with Crippen LogP contribution in [0.15, 0.2) is 18.2 Å². The van der Waals surface area contributed by atoms with Crippen LogP contribution in [0.25, 0.3) is 0 Å². The first-order valence-electron chi connectivity index (χ1n) is 6.81. The summed E-state index contributed by atoms with van der Waals surface area (Å²) in [5.74, 6) is 1.05. The van der Waals surface area contributed by atoms with E-state index in [1.807, 2.05) is 0 Å². The normalized spacial score (nSPS) is 18.3. The fourth-order valence-corrected chi connectivity index (χ4v) is 2.34. The molecule has 1 fully saturated rings. The molecule has 1 aliphatic rings. The van der Waals surface area contributed by atoms with E-state index in [0.717, 1.165) is 0 Å². The zero-order chi connectivity index (χ0) is 15.4. The number of hydrogen-bond donors (Lipinski definition) is 1. The molecule has 0 aromatic heterocycles. The third kappa shape index (κ3) is 3.65. The maximum Gasteiger partial charge on any atom is 0.251 e. The molecule has 1 aliphatic heterocycles. The lowest BCUT2D eigenvalue weighted by Crippen LogP contribution is -2.48. The quantitative estimate of drug-likeness (QED) is 0.901. The van der Waals surface area contributed by atoms with Crippen LogP contribution in [0.4, 0.5) is 0 Å². The average molecular weight is 292 g/mol. The Morgan fingerprint density at radius 1 is 1.24 bits per heavy atom. The second-order valence-electron chi connectivity index (χ2n) is 5.08. The van der Waals surface area contributed by atoms with Gasteiger partial charge in [-0.1, -0.05) is 0 Å². The van der Waals surface area contributed by atoms with Gasteiger partial charge in [0, 0.05) is 37.7 Å². The van der Waals surface area contributed by atoms with Gasteiger partial charge in [0.25, 0.3) is 5.91 Å². The van der Waals surface area contributed by atoms with Crippen molar-refractivity contribution in [2.75, 3.05) is 27.8 Å². The van der Waals surface area contributed by atoms with Crippen molar-refractivity contribution in [3.63, 3.8) is 0 Å². The van der Waals surface area contributed by atoms with Crippen molar-refractivity contribution in [2.24, 2.45) is 0 Å². The Kier molecular flexibility index (Phi) is 4.67. The molecule has 0 radical (unpaired) electrons. The lowest BCUT2D eigenvalue weighted by atomic mass is 10.0. The zero-order valence-electron chi connectivity index (χ0n) is 12.5. The summed E-state index contributed by atoms with van der Waals surface area (Å²) in [4.78, 5) is 25.4. The Labute approximate surface area is 124 Å². The van der Waals surface area contributed by atoms with E-state index in [9.17, 15) is 9.59 Å². The van der Waals surface area contributed by atoms with Gasteiger partial charge in [0.1, 0.15) is 11.5 Å². The molecule has 6 heteroatoms. The molecule has 1 aromatic carbocycles. The Bertz CT molecular complexity index is 522. The lowest BCUT2D eigenvalue weighted by molar-refractivity contribution is -0.132. The number of carbonyl (C=O) groups is 2. The molecule has 0 aliphatic carbocycles. The molecule has 1 unspecified atom stereocenters. The van der Waals surface area contributed by atoms with Crippen LogP contribution in [0.2, 0.25) is 0 Å². The number of benzene rings is 1. The van der Waals surface area contributed by atoms with Crippen LogP contribution in [0, 0.1) is 0 Å². The van der Waals surface area contributed by atoms with E-state index in [4.69, 9.17) is 9.47 Å². The molecule has 1 saturated heterocycles. The Balaban J connectivity index is 2.08. The zero-order valence-corrected chi connectivity index (χ0v) is 12.5. The number of likely N-dealkylation sites (N-methyl/N-ethyl adjacent to an activating group) is 1. The summed E-state index contributed by atoms with van der Waals surface area (Å²) in [7, 11) is 4.82. The number of hydrogen-bond acceptors (Lipinski definition) is 4. The lowest BCUT2D eigenvalue weighted by Gasteiger charge is -2.30. The number of nitrogens with zero attached hydrogens (tertiary/aromatic N) is 1. The van der Waals surface area contributed by atoms with Gasteiger partial charge < -0.3 is 19.7 Å². The smallest absolute Gasteiger partial charge is 0.251 e. The third-order valence-corrected chi connectivity index (χ3v) is 3.58. The first-order chi connectivity index (χ1) is 10.0. The minimum atomic E-state index is -0.194. The molecule has 0 saturated carbocycles. The molecule has 1 heterocycles. The van der Waals surface area contributed by atoms with E-state index >= 15 is 0 Å². The van der Waals surface area contributed by atoms with E-state index in [1.54, 1.807) is 30.1 Å². The van der Waals surface area contributed by atoms with Gasteiger partial charge in [0.05, 0.1) is 14.2 Å². The molecule has 1 aromatic rings. The first kappa shape index (κ1) is 15.2. The SMILES string of the molecule is COc1cc(OC)cc(C(=O)NC2CCC(=O)N(C)C2)c1. The highest BCUT2D eigenvalue weighted by Crippen LogP contribution is 2.22. The molecule has 2 amide bonds. The van der Waals surface area contributed by atoms with Crippen molar-refractivity contribution in [2.45, 2.75) is 18.9 Å². The number of nitrogens with one attached hydrogen (secondary N) is 1. The van der Waals surface area contributed by atoms with E-state index in [1.165, 1.54) is 14.2 Å². The molecule has 21 heavy (non-hydrogen) atoms. The summed E-state index contributed by atoms with van der Waals surface area (Å²) in [6.07, 6.45) is 1.12. The number of carbonyl (C=O) groups excluding carboxylic acids is 2. The maximum atomic E-state index is 12.3. The van der Waals surface area contributed by atoms with Crippen molar-refractivity contribution in [1.82, 2.24) is 10.2 Å². The Morgan fingerprint density at radius 3 is 2.38 bits per heavy atom. The molecule has 114 valence electrons. The summed E-state index contributed by atoms with van der Waals surface area (Å²) >= 11 is 0. The summed E-state index contributed by atoms with van der Waals surface area (Å²) in [5, 5.41) is 2.94. The van der Waals surface area contributed by atoms with Gasteiger partial charge in [-0.2, -0.15) is 0 Å². The van der Waals surface area contributed by atoms with Crippen molar-refractivity contribution in [1.29, 1.82) is 0 Å². The summed E-state index contributed by atoms with van der Waals surface area (Å²) in [5.41, 5.74) is 0.478. The number of rotatable bonds is 4. The van der Waals surface area contributed by atoms with E-state index in [0.29, 0.717) is 36.4 Å². The van der Waals surface area contributed by atoms with Gasteiger partial charge in [-0.05, 0) is 18.6 Å². The van der Waals surface area contributed by atoms with Crippen LogP contribution in [-0.4, -0.2) is 50.6 Å². The average Bonchev–Trinajstić information content (AvgIpc) is 2.50. The van der Waals surface area contributed by atoms with Gasteiger partial charge in [0.15, 0.2) is 0 Å². The molecule has 6 nitrogen and oxygen atoms in total. The van der Waals surface area contributed by atoms with Gasteiger partial charge >= 0.3 is 0 Å². The predicted molar refractivity (Wildman–Crippen MR) is 77.7 cm³/mol. The van der Waals surface area contributed by atoms with Crippen LogP contribution in [0.3, 0.4) is 0 Å². The van der Waals surface area contributed by atoms with Crippen molar-refractivity contribution < 1.29 is 19.1 Å².